The second-order valence-electron chi connectivity index (χ2n) is 4.75. The molecule has 0 atom stereocenters. The molecular formula is C13H27N. The third-order valence-corrected chi connectivity index (χ3v) is 2.37. The van der Waals surface area contributed by atoms with Gasteiger partial charge in [-0.1, -0.05) is 32.9 Å². The van der Waals surface area contributed by atoms with E-state index in [2.05, 4.69) is 39.3 Å². The fraction of sp³-hybridized carbons (Fsp3) is 0.846. The van der Waals surface area contributed by atoms with E-state index in [1.165, 1.54) is 44.3 Å². The Kier molecular flexibility index (Phi) is 7.87. The molecule has 0 amide bonds. The molecule has 0 spiro atoms. The van der Waals surface area contributed by atoms with Gasteiger partial charge in [-0.25, -0.2) is 0 Å². The maximum atomic E-state index is 4.12. The van der Waals surface area contributed by atoms with Crippen molar-refractivity contribution in [1.82, 2.24) is 4.90 Å². The summed E-state index contributed by atoms with van der Waals surface area (Å²) in [6, 6.07) is 0. The van der Waals surface area contributed by atoms with Gasteiger partial charge in [0, 0.05) is 0 Å². The van der Waals surface area contributed by atoms with Crippen LogP contribution in [-0.2, 0) is 0 Å². The summed E-state index contributed by atoms with van der Waals surface area (Å²) in [5, 5.41) is 0. The van der Waals surface area contributed by atoms with Gasteiger partial charge in [0.2, 0.25) is 0 Å². The van der Waals surface area contributed by atoms with Gasteiger partial charge in [-0.15, -0.1) is 0 Å². The van der Waals surface area contributed by atoms with Crippen LogP contribution >= 0.6 is 0 Å². The van der Waals surface area contributed by atoms with E-state index in [1.54, 1.807) is 0 Å². The number of nitrogens with zero attached hydrogens (tertiary/aromatic N) is 1. The Labute approximate surface area is 90.2 Å². The van der Waals surface area contributed by atoms with Crippen LogP contribution in [0.3, 0.4) is 0 Å². The van der Waals surface area contributed by atoms with Gasteiger partial charge in [-0.3, -0.25) is 0 Å². The Morgan fingerprint density at radius 2 is 1.93 bits per heavy atom. The van der Waals surface area contributed by atoms with Crippen molar-refractivity contribution in [3.05, 3.63) is 12.2 Å². The summed E-state index contributed by atoms with van der Waals surface area (Å²) in [6.45, 7) is 13.3. The normalized spacial score (nSPS) is 11.3. The van der Waals surface area contributed by atoms with Crippen LogP contribution < -0.4 is 0 Å². The summed E-state index contributed by atoms with van der Waals surface area (Å²) < 4.78 is 0. The van der Waals surface area contributed by atoms with Gasteiger partial charge >= 0.3 is 0 Å². The van der Waals surface area contributed by atoms with Crippen LogP contribution in [0.15, 0.2) is 12.2 Å². The lowest BCUT2D eigenvalue weighted by Crippen LogP contribution is -2.20. The predicted octanol–water partition coefficient (Wildman–Crippen LogP) is 3.71. The van der Waals surface area contributed by atoms with Crippen molar-refractivity contribution in [2.24, 2.45) is 5.92 Å². The molecule has 1 heteroatoms. The topological polar surface area (TPSA) is 3.24 Å². The van der Waals surface area contributed by atoms with E-state index in [0.29, 0.717) is 0 Å². The second kappa shape index (κ2) is 8.05. The van der Waals surface area contributed by atoms with Crippen molar-refractivity contribution in [2.45, 2.75) is 46.5 Å². The summed E-state index contributed by atoms with van der Waals surface area (Å²) in [5.41, 5.74) is 1.42. The second-order valence-corrected chi connectivity index (χ2v) is 4.75. The maximum Gasteiger partial charge on any atom is -0.00187 e. The third-order valence-electron chi connectivity index (χ3n) is 2.37. The predicted molar refractivity (Wildman–Crippen MR) is 65.6 cm³/mol. The fourth-order valence-electron chi connectivity index (χ4n) is 1.77. The zero-order valence-electron chi connectivity index (χ0n) is 10.5. The first-order chi connectivity index (χ1) is 6.56. The van der Waals surface area contributed by atoms with Crippen LogP contribution in [0.2, 0.25) is 0 Å². The van der Waals surface area contributed by atoms with E-state index in [9.17, 15) is 0 Å². The zero-order chi connectivity index (χ0) is 11.0. The average Bonchev–Trinajstić information content (AvgIpc) is 2.02. The molecule has 0 aromatic rings. The highest BCUT2D eigenvalue weighted by Gasteiger charge is 2.00. The molecular weight excluding hydrogens is 170 g/mol. The Hall–Kier alpha value is -0.300. The highest BCUT2D eigenvalue weighted by Crippen LogP contribution is 2.13. The highest BCUT2D eigenvalue weighted by molar-refractivity contribution is 4.94. The molecule has 14 heavy (non-hydrogen) atoms. The molecule has 0 aliphatic heterocycles. The van der Waals surface area contributed by atoms with E-state index < -0.39 is 0 Å². The van der Waals surface area contributed by atoms with E-state index in [1.807, 2.05) is 0 Å². The first-order valence-electron chi connectivity index (χ1n) is 5.91. The van der Waals surface area contributed by atoms with Gasteiger partial charge in [0.15, 0.2) is 0 Å². The molecule has 0 saturated carbocycles. The van der Waals surface area contributed by atoms with Crippen LogP contribution in [0.25, 0.3) is 0 Å². The molecule has 1 nitrogen and oxygen atoms in total. The van der Waals surface area contributed by atoms with Crippen LogP contribution in [0.4, 0.5) is 0 Å². The first-order valence-corrected chi connectivity index (χ1v) is 5.91. The average molecular weight is 197 g/mol. The van der Waals surface area contributed by atoms with Gasteiger partial charge in [0.25, 0.3) is 0 Å². The molecule has 0 fully saturated rings. The number of hydrogen-bond acceptors (Lipinski definition) is 1. The van der Waals surface area contributed by atoms with Gasteiger partial charge < -0.3 is 4.90 Å². The van der Waals surface area contributed by atoms with Crippen molar-refractivity contribution in [3.63, 3.8) is 0 Å². The molecule has 0 rings (SSSR count). The van der Waals surface area contributed by atoms with Crippen LogP contribution in [0.1, 0.15) is 46.5 Å². The van der Waals surface area contributed by atoms with Crippen molar-refractivity contribution in [3.8, 4) is 0 Å². The molecule has 0 aromatic carbocycles. The smallest absolute Gasteiger partial charge is 0.00187 e. The summed E-state index contributed by atoms with van der Waals surface area (Å²) in [5.74, 6) is 0.760. The highest BCUT2D eigenvalue weighted by atomic mass is 15.1. The largest absolute Gasteiger partial charge is 0.306 e. The Morgan fingerprint density at radius 3 is 2.43 bits per heavy atom. The molecule has 0 N–H and O–H groups in total. The molecule has 84 valence electrons. The minimum Gasteiger partial charge on any atom is -0.306 e. The van der Waals surface area contributed by atoms with Gasteiger partial charge in [0.05, 0.1) is 0 Å². The Morgan fingerprint density at radius 1 is 1.29 bits per heavy atom. The van der Waals surface area contributed by atoms with E-state index in [-0.39, 0.29) is 0 Å². The van der Waals surface area contributed by atoms with Gasteiger partial charge in [-0.2, -0.15) is 0 Å². The lowest BCUT2D eigenvalue weighted by Gasteiger charge is -2.15. The lowest BCUT2D eigenvalue weighted by atomic mass is 10.0. The zero-order valence-corrected chi connectivity index (χ0v) is 10.5. The molecule has 0 heterocycles. The monoisotopic (exact) mass is 197 g/mol. The van der Waals surface area contributed by atoms with E-state index in [4.69, 9.17) is 0 Å². The summed E-state index contributed by atoms with van der Waals surface area (Å²) in [4.78, 5) is 2.41. The third kappa shape index (κ3) is 8.31. The van der Waals surface area contributed by atoms with Crippen molar-refractivity contribution < 1.29 is 0 Å². The first kappa shape index (κ1) is 13.7. The molecule has 0 aliphatic carbocycles. The molecule has 0 radical (unpaired) electrons. The Balaban J connectivity index is 3.39. The van der Waals surface area contributed by atoms with Crippen molar-refractivity contribution >= 4 is 0 Å². The maximum absolute atomic E-state index is 4.12. The molecule has 0 aromatic heterocycles. The Bertz CT molecular complexity index is 149. The number of allylic oxidation sites excluding steroid dienone is 1. The lowest BCUT2D eigenvalue weighted by molar-refractivity contribution is 0.329. The minimum atomic E-state index is 0.760. The van der Waals surface area contributed by atoms with Gasteiger partial charge in [0.1, 0.15) is 0 Å². The van der Waals surface area contributed by atoms with Crippen molar-refractivity contribution in [2.75, 3.05) is 20.1 Å². The SMILES string of the molecule is C=C(CCCN(C)CCC)CC(C)C. The van der Waals surface area contributed by atoms with Crippen LogP contribution in [0, 0.1) is 5.92 Å². The number of rotatable bonds is 8. The fourth-order valence-corrected chi connectivity index (χ4v) is 1.77. The molecule has 0 bridgehead atoms. The molecule has 0 aliphatic rings. The number of hydrogen-bond donors (Lipinski definition) is 0. The van der Waals surface area contributed by atoms with Crippen LogP contribution in [-0.4, -0.2) is 25.0 Å². The van der Waals surface area contributed by atoms with E-state index >= 15 is 0 Å². The quantitative estimate of drug-likeness (QED) is 0.536. The summed E-state index contributed by atoms with van der Waals surface area (Å²) >= 11 is 0. The van der Waals surface area contributed by atoms with E-state index in [0.717, 1.165) is 5.92 Å². The minimum absolute atomic E-state index is 0.760. The van der Waals surface area contributed by atoms with Crippen molar-refractivity contribution in [1.29, 1.82) is 0 Å². The summed E-state index contributed by atoms with van der Waals surface area (Å²) in [7, 11) is 2.20. The summed E-state index contributed by atoms with van der Waals surface area (Å²) in [6.07, 6.45) is 4.91. The molecule has 0 saturated heterocycles. The standard InChI is InChI=1S/C13H27N/c1-6-9-14(5)10-7-8-13(4)11-12(2)3/h12H,4,6-11H2,1-3,5H3. The van der Waals surface area contributed by atoms with Crippen LogP contribution in [0.5, 0.6) is 0 Å². The molecule has 0 unspecified atom stereocenters. The van der Waals surface area contributed by atoms with Gasteiger partial charge in [-0.05, 0) is 51.7 Å².